The van der Waals surface area contributed by atoms with Gasteiger partial charge < -0.3 is 18.9 Å². The highest BCUT2D eigenvalue weighted by Crippen LogP contribution is 2.33. The zero-order valence-electron chi connectivity index (χ0n) is 11.0. The maximum absolute atomic E-state index is 5.30. The van der Waals surface area contributed by atoms with Crippen LogP contribution in [-0.4, -0.2) is 24.2 Å². The fourth-order valence-electron chi connectivity index (χ4n) is 2.10. The van der Waals surface area contributed by atoms with E-state index in [0.29, 0.717) is 11.5 Å². The van der Waals surface area contributed by atoms with Gasteiger partial charge in [-0.15, -0.1) is 0 Å². The smallest absolute Gasteiger partial charge is 0.163 e. The molecule has 5 heteroatoms. The van der Waals surface area contributed by atoms with Crippen LogP contribution >= 0.6 is 0 Å². The molecule has 5 nitrogen and oxygen atoms in total. The number of benzene rings is 1. The number of hydrogen-bond donors (Lipinski definition) is 1. The summed E-state index contributed by atoms with van der Waals surface area (Å²) in [4.78, 5) is 7.81. The van der Waals surface area contributed by atoms with Gasteiger partial charge in [-0.2, -0.15) is 0 Å². The Hall–Kier alpha value is -2.43. The lowest BCUT2D eigenvalue weighted by Crippen LogP contribution is -1.89. The van der Waals surface area contributed by atoms with Crippen LogP contribution in [0.2, 0.25) is 0 Å². The van der Waals surface area contributed by atoms with Gasteiger partial charge in [0.15, 0.2) is 11.5 Å². The SMILES string of the molecule is COc1cc2nc(-c3ccoc3C)[nH]c2cc1OC. The first-order valence-electron chi connectivity index (χ1n) is 5.89. The first kappa shape index (κ1) is 11.6. The number of methoxy groups -OCH3 is 2. The predicted octanol–water partition coefficient (Wildman–Crippen LogP) is 3.15. The fraction of sp³-hybridized carbons (Fsp3) is 0.214. The Balaban J connectivity index is 2.18. The van der Waals surface area contributed by atoms with E-state index in [-0.39, 0.29) is 0 Å². The molecule has 0 aliphatic rings. The summed E-state index contributed by atoms with van der Waals surface area (Å²) in [7, 11) is 3.22. The number of rotatable bonds is 3. The molecule has 0 saturated heterocycles. The predicted molar refractivity (Wildman–Crippen MR) is 71.6 cm³/mol. The molecule has 0 aliphatic heterocycles. The zero-order chi connectivity index (χ0) is 13.4. The quantitative estimate of drug-likeness (QED) is 0.784. The van der Waals surface area contributed by atoms with Gasteiger partial charge in [0.25, 0.3) is 0 Å². The van der Waals surface area contributed by atoms with Crippen LogP contribution in [0.5, 0.6) is 11.5 Å². The molecule has 0 unspecified atom stereocenters. The van der Waals surface area contributed by atoms with Crippen molar-refractivity contribution in [3.8, 4) is 22.9 Å². The molecule has 0 atom stereocenters. The molecular formula is C14H14N2O3. The molecule has 0 bridgehead atoms. The van der Waals surface area contributed by atoms with E-state index in [1.165, 1.54) is 0 Å². The van der Waals surface area contributed by atoms with Crippen molar-refractivity contribution in [2.45, 2.75) is 6.92 Å². The molecule has 0 fully saturated rings. The van der Waals surface area contributed by atoms with Crippen molar-refractivity contribution in [3.05, 3.63) is 30.2 Å². The summed E-state index contributed by atoms with van der Waals surface area (Å²) in [6.07, 6.45) is 1.65. The molecule has 2 heterocycles. The third-order valence-electron chi connectivity index (χ3n) is 3.10. The van der Waals surface area contributed by atoms with E-state index in [2.05, 4.69) is 9.97 Å². The van der Waals surface area contributed by atoms with Gasteiger partial charge >= 0.3 is 0 Å². The Morgan fingerprint density at radius 3 is 2.53 bits per heavy atom. The van der Waals surface area contributed by atoms with Crippen molar-refractivity contribution >= 4 is 11.0 Å². The van der Waals surface area contributed by atoms with Gasteiger partial charge in [-0.05, 0) is 13.0 Å². The van der Waals surface area contributed by atoms with Crippen molar-refractivity contribution in [1.29, 1.82) is 0 Å². The van der Waals surface area contributed by atoms with E-state index in [1.807, 2.05) is 25.1 Å². The molecule has 2 aromatic heterocycles. The van der Waals surface area contributed by atoms with Gasteiger partial charge in [0.05, 0.1) is 37.1 Å². The summed E-state index contributed by atoms with van der Waals surface area (Å²) in [6.45, 7) is 1.91. The first-order chi connectivity index (χ1) is 9.22. The van der Waals surface area contributed by atoms with Crippen molar-refractivity contribution in [1.82, 2.24) is 9.97 Å². The van der Waals surface area contributed by atoms with Gasteiger partial charge in [0, 0.05) is 12.1 Å². The van der Waals surface area contributed by atoms with Crippen LogP contribution in [0.1, 0.15) is 5.76 Å². The van der Waals surface area contributed by atoms with E-state index in [4.69, 9.17) is 13.9 Å². The van der Waals surface area contributed by atoms with Crippen LogP contribution in [-0.2, 0) is 0 Å². The molecule has 3 aromatic rings. The van der Waals surface area contributed by atoms with Gasteiger partial charge in [-0.25, -0.2) is 4.98 Å². The highest BCUT2D eigenvalue weighted by atomic mass is 16.5. The topological polar surface area (TPSA) is 60.3 Å². The third kappa shape index (κ3) is 1.83. The second-order valence-electron chi connectivity index (χ2n) is 4.20. The number of imidazole rings is 1. The average Bonchev–Trinajstić information content (AvgIpc) is 3.01. The summed E-state index contributed by atoms with van der Waals surface area (Å²) in [6, 6.07) is 5.62. The van der Waals surface area contributed by atoms with Crippen molar-refractivity contribution in [3.63, 3.8) is 0 Å². The second kappa shape index (κ2) is 4.35. The number of ether oxygens (including phenoxy) is 2. The van der Waals surface area contributed by atoms with Crippen molar-refractivity contribution < 1.29 is 13.9 Å². The Kier molecular flexibility index (Phi) is 2.67. The van der Waals surface area contributed by atoms with Crippen LogP contribution in [0, 0.1) is 6.92 Å². The maximum atomic E-state index is 5.30. The van der Waals surface area contributed by atoms with Crippen LogP contribution in [0.15, 0.2) is 28.9 Å². The van der Waals surface area contributed by atoms with Gasteiger partial charge in [0.2, 0.25) is 0 Å². The van der Waals surface area contributed by atoms with Crippen molar-refractivity contribution in [2.75, 3.05) is 14.2 Å². The number of nitrogens with zero attached hydrogens (tertiary/aromatic N) is 1. The second-order valence-corrected chi connectivity index (χ2v) is 4.20. The normalized spacial score (nSPS) is 10.9. The fourth-order valence-corrected chi connectivity index (χ4v) is 2.10. The Morgan fingerprint density at radius 2 is 1.89 bits per heavy atom. The Bertz CT molecular complexity index is 686. The molecule has 3 rings (SSSR count). The lowest BCUT2D eigenvalue weighted by Gasteiger charge is -2.06. The van der Waals surface area contributed by atoms with E-state index in [0.717, 1.165) is 28.2 Å². The number of furan rings is 1. The van der Waals surface area contributed by atoms with E-state index < -0.39 is 0 Å². The van der Waals surface area contributed by atoms with Crippen LogP contribution < -0.4 is 9.47 Å². The highest BCUT2D eigenvalue weighted by molar-refractivity contribution is 5.83. The summed E-state index contributed by atoms with van der Waals surface area (Å²) >= 11 is 0. The van der Waals surface area contributed by atoms with Crippen LogP contribution in [0.3, 0.4) is 0 Å². The number of nitrogens with one attached hydrogen (secondary N) is 1. The summed E-state index contributed by atoms with van der Waals surface area (Å²) in [5, 5.41) is 0. The largest absolute Gasteiger partial charge is 0.493 e. The lowest BCUT2D eigenvalue weighted by molar-refractivity contribution is 0.356. The van der Waals surface area contributed by atoms with Crippen LogP contribution in [0.4, 0.5) is 0 Å². The minimum atomic E-state index is 0.664. The number of H-pyrrole nitrogens is 1. The number of aromatic nitrogens is 2. The Morgan fingerprint density at radius 1 is 1.16 bits per heavy atom. The van der Waals surface area contributed by atoms with Gasteiger partial charge in [-0.3, -0.25) is 0 Å². The first-order valence-corrected chi connectivity index (χ1v) is 5.89. The molecule has 1 N–H and O–H groups in total. The number of fused-ring (bicyclic) bond motifs is 1. The minimum absolute atomic E-state index is 0.664. The van der Waals surface area contributed by atoms with Gasteiger partial charge in [0.1, 0.15) is 11.6 Å². The molecule has 98 valence electrons. The summed E-state index contributed by atoms with van der Waals surface area (Å²) in [5.74, 6) is 2.95. The number of aromatic amines is 1. The Labute approximate surface area is 110 Å². The van der Waals surface area contributed by atoms with E-state index in [9.17, 15) is 0 Å². The third-order valence-corrected chi connectivity index (χ3v) is 3.10. The zero-order valence-corrected chi connectivity index (χ0v) is 11.0. The summed E-state index contributed by atoms with van der Waals surface area (Å²) < 4.78 is 15.8. The molecule has 0 aliphatic carbocycles. The molecule has 0 saturated carbocycles. The highest BCUT2D eigenvalue weighted by Gasteiger charge is 2.13. The van der Waals surface area contributed by atoms with E-state index in [1.54, 1.807) is 20.5 Å². The molecule has 0 spiro atoms. The van der Waals surface area contributed by atoms with Crippen molar-refractivity contribution in [2.24, 2.45) is 0 Å². The standard InChI is InChI=1S/C14H14N2O3/c1-8-9(4-5-19-8)14-15-10-6-12(17-2)13(18-3)7-11(10)16-14/h4-7H,1-3H3,(H,15,16). The van der Waals surface area contributed by atoms with Crippen LogP contribution in [0.25, 0.3) is 22.4 Å². The van der Waals surface area contributed by atoms with Gasteiger partial charge in [-0.1, -0.05) is 0 Å². The number of aryl methyl sites for hydroxylation is 1. The lowest BCUT2D eigenvalue weighted by atomic mass is 10.2. The monoisotopic (exact) mass is 258 g/mol. The maximum Gasteiger partial charge on any atom is 0.163 e. The molecule has 0 amide bonds. The average molecular weight is 258 g/mol. The minimum Gasteiger partial charge on any atom is -0.493 e. The summed E-state index contributed by atoms with van der Waals surface area (Å²) in [5.41, 5.74) is 2.68. The molecule has 0 radical (unpaired) electrons. The molecule has 1 aromatic carbocycles. The molecular weight excluding hydrogens is 244 g/mol. The van der Waals surface area contributed by atoms with E-state index >= 15 is 0 Å². The molecule has 19 heavy (non-hydrogen) atoms. The number of hydrogen-bond acceptors (Lipinski definition) is 4.